The first kappa shape index (κ1) is 26.1. The van der Waals surface area contributed by atoms with E-state index < -0.39 is 17.4 Å². The molecule has 35 heavy (non-hydrogen) atoms. The summed E-state index contributed by atoms with van der Waals surface area (Å²) in [6, 6.07) is 23.9. The van der Waals surface area contributed by atoms with Gasteiger partial charge in [0.05, 0.1) is 14.2 Å². The Bertz CT molecular complexity index is 1080. The maximum absolute atomic E-state index is 13.0. The highest BCUT2D eigenvalue weighted by atomic mass is 35.5. The Morgan fingerprint density at radius 2 is 1.43 bits per heavy atom. The quantitative estimate of drug-likeness (QED) is 0.276. The standard InChI is InChI=1S/C28H30ClNO5/c1-20(29)27(31)30(18-22-11-13-24(33-2)14-12-22)26(28(32)34-3)17-21-9-15-25(16-10-21)35-19-23-7-5-4-6-8-23/h4-16,20,26H,17-19H2,1-3H3/t20-,26-/m0/s1. The van der Waals surface area contributed by atoms with Crippen LogP contribution in [0, 0.1) is 0 Å². The van der Waals surface area contributed by atoms with Crippen LogP contribution in [0.3, 0.4) is 0 Å². The van der Waals surface area contributed by atoms with Gasteiger partial charge in [0.2, 0.25) is 5.91 Å². The van der Waals surface area contributed by atoms with E-state index in [9.17, 15) is 9.59 Å². The van der Waals surface area contributed by atoms with E-state index in [-0.39, 0.29) is 18.9 Å². The Labute approximate surface area is 211 Å². The molecule has 3 aromatic carbocycles. The van der Waals surface area contributed by atoms with E-state index in [2.05, 4.69) is 0 Å². The van der Waals surface area contributed by atoms with Gasteiger partial charge >= 0.3 is 5.97 Å². The summed E-state index contributed by atoms with van der Waals surface area (Å²) in [4.78, 5) is 27.3. The third-order valence-electron chi connectivity index (χ3n) is 5.59. The number of carbonyl (C=O) groups is 2. The summed E-state index contributed by atoms with van der Waals surface area (Å²) in [6.45, 7) is 2.26. The van der Waals surface area contributed by atoms with Crippen molar-refractivity contribution in [3.05, 3.63) is 95.6 Å². The van der Waals surface area contributed by atoms with E-state index in [1.807, 2.05) is 78.9 Å². The molecule has 0 aliphatic carbocycles. The van der Waals surface area contributed by atoms with Crippen molar-refractivity contribution in [1.82, 2.24) is 4.90 Å². The van der Waals surface area contributed by atoms with Crippen LogP contribution >= 0.6 is 11.6 Å². The van der Waals surface area contributed by atoms with Crippen LogP contribution in [0.2, 0.25) is 0 Å². The van der Waals surface area contributed by atoms with Crippen LogP contribution in [0.4, 0.5) is 0 Å². The lowest BCUT2D eigenvalue weighted by Crippen LogP contribution is -2.48. The Hall–Kier alpha value is -3.51. The zero-order valence-corrected chi connectivity index (χ0v) is 20.9. The molecule has 0 radical (unpaired) electrons. The van der Waals surface area contributed by atoms with Crippen molar-refractivity contribution in [2.45, 2.75) is 37.9 Å². The minimum Gasteiger partial charge on any atom is -0.497 e. The monoisotopic (exact) mass is 495 g/mol. The number of alkyl halides is 1. The molecule has 3 aromatic rings. The number of hydrogen-bond acceptors (Lipinski definition) is 5. The molecule has 0 N–H and O–H groups in total. The summed E-state index contributed by atoms with van der Waals surface area (Å²) in [7, 11) is 2.90. The largest absolute Gasteiger partial charge is 0.497 e. The van der Waals surface area contributed by atoms with Gasteiger partial charge in [-0.2, -0.15) is 0 Å². The number of benzene rings is 3. The van der Waals surface area contributed by atoms with Crippen molar-refractivity contribution in [1.29, 1.82) is 0 Å². The highest BCUT2D eigenvalue weighted by Gasteiger charge is 2.33. The molecule has 0 bridgehead atoms. The summed E-state index contributed by atoms with van der Waals surface area (Å²) >= 11 is 6.16. The number of hydrogen-bond donors (Lipinski definition) is 0. The van der Waals surface area contributed by atoms with Crippen LogP contribution in [-0.4, -0.2) is 42.4 Å². The van der Waals surface area contributed by atoms with Gasteiger partial charge in [-0.3, -0.25) is 4.79 Å². The number of esters is 1. The molecule has 3 rings (SSSR count). The molecule has 0 heterocycles. The summed E-state index contributed by atoms with van der Waals surface area (Å²) in [5.41, 5.74) is 2.78. The summed E-state index contributed by atoms with van der Waals surface area (Å²) < 4.78 is 16.1. The van der Waals surface area contributed by atoms with Crippen LogP contribution in [0.15, 0.2) is 78.9 Å². The highest BCUT2D eigenvalue weighted by molar-refractivity contribution is 6.30. The molecule has 0 aromatic heterocycles. The van der Waals surface area contributed by atoms with E-state index in [1.54, 1.807) is 14.0 Å². The van der Waals surface area contributed by atoms with Crippen LogP contribution in [0.1, 0.15) is 23.6 Å². The van der Waals surface area contributed by atoms with Crippen molar-refractivity contribution in [2.75, 3.05) is 14.2 Å². The Morgan fingerprint density at radius 1 is 0.829 bits per heavy atom. The molecule has 7 heteroatoms. The Morgan fingerprint density at radius 3 is 2.00 bits per heavy atom. The third kappa shape index (κ3) is 7.49. The fourth-order valence-corrected chi connectivity index (χ4v) is 3.77. The maximum atomic E-state index is 13.0. The van der Waals surface area contributed by atoms with Gasteiger partial charge in [0, 0.05) is 13.0 Å². The summed E-state index contributed by atoms with van der Waals surface area (Å²) in [5.74, 6) is 0.568. The molecule has 1 amide bonds. The average molecular weight is 496 g/mol. The van der Waals surface area contributed by atoms with Gasteiger partial charge in [-0.25, -0.2) is 4.79 Å². The number of methoxy groups -OCH3 is 2. The van der Waals surface area contributed by atoms with Gasteiger partial charge in [0.25, 0.3) is 0 Å². The third-order valence-corrected chi connectivity index (χ3v) is 5.77. The molecule has 0 saturated heterocycles. The maximum Gasteiger partial charge on any atom is 0.328 e. The van der Waals surface area contributed by atoms with E-state index in [4.69, 9.17) is 25.8 Å². The minimum atomic E-state index is -0.841. The molecule has 0 saturated carbocycles. The minimum absolute atomic E-state index is 0.206. The van der Waals surface area contributed by atoms with Crippen LogP contribution in [0.5, 0.6) is 11.5 Å². The molecule has 2 atom stereocenters. The second-order valence-corrected chi connectivity index (χ2v) is 8.75. The smallest absolute Gasteiger partial charge is 0.328 e. The number of amides is 1. The lowest BCUT2D eigenvalue weighted by Gasteiger charge is -2.31. The number of halogens is 1. The second kappa shape index (κ2) is 12.8. The van der Waals surface area contributed by atoms with Crippen LogP contribution in [0.25, 0.3) is 0 Å². The lowest BCUT2D eigenvalue weighted by molar-refractivity contribution is -0.153. The Kier molecular flexibility index (Phi) is 9.56. The van der Waals surface area contributed by atoms with E-state index in [1.165, 1.54) is 12.0 Å². The average Bonchev–Trinajstić information content (AvgIpc) is 2.90. The number of carbonyl (C=O) groups excluding carboxylic acids is 2. The zero-order valence-electron chi connectivity index (χ0n) is 20.1. The van der Waals surface area contributed by atoms with Gasteiger partial charge in [-0.15, -0.1) is 11.6 Å². The number of ether oxygens (including phenoxy) is 3. The van der Waals surface area contributed by atoms with E-state index in [0.717, 1.165) is 16.7 Å². The molecule has 0 aliphatic heterocycles. The van der Waals surface area contributed by atoms with Crippen molar-refractivity contribution < 1.29 is 23.8 Å². The molecular formula is C28H30ClNO5. The molecule has 6 nitrogen and oxygen atoms in total. The predicted molar refractivity (Wildman–Crippen MR) is 136 cm³/mol. The fraction of sp³-hybridized carbons (Fsp3) is 0.286. The molecule has 0 aliphatic rings. The van der Waals surface area contributed by atoms with Gasteiger partial charge in [0.15, 0.2) is 0 Å². The second-order valence-electron chi connectivity index (χ2n) is 8.09. The van der Waals surface area contributed by atoms with Gasteiger partial charge in [0.1, 0.15) is 29.5 Å². The van der Waals surface area contributed by atoms with Crippen molar-refractivity contribution in [2.24, 2.45) is 0 Å². The van der Waals surface area contributed by atoms with E-state index >= 15 is 0 Å². The fourth-order valence-electron chi connectivity index (χ4n) is 3.64. The number of rotatable bonds is 11. The summed E-state index contributed by atoms with van der Waals surface area (Å²) in [5, 5.41) is -0.797. The summed E-state index contributed by atoms with van der Waals surface area (Å²) in [6.07, 6.45) is 0.275. The van der Waals surface area contributed by atoms with Crippen molar-refractivity contribution >= 4 is 23.5 Å². The first-order chi connectivity index (χ1) is 16.9. The topological polar surface area (TPSA) is 65.1 Å². The van der Waals surface area contributed by atoms with Gasteiger partial charge in [-0.05, 0) is 47.9 Å². The molecule has 0 unspecified atom stereocenters. The normalized spacial score (nSPS) is 12.3. The van der Waals surface area contributed by atoms with Crippen LogP contribution < -0.4 is 9.47 Å². The number of nitrogens with zero attached hydrogens (tertiary/aromatic N) is 1. The lowest BCUT2D eigenvalue weighted by atomic mass is 10.0. The van der Waals surface area contributed by atoms with Gasteiger partial charge in [-0.1, -0.05) is 54.6 Å². The van der Waals surface area contributed by atoms with Crippen molar-refractivity contribution in [3.63, 3.8) is 0 Å². The van der Waals surface area contributed by atoms with Crippen LogP contribution in [-0.2, 0) is 33.9 Å². The zero-order chi connectivity index (χ0) is 25.2. The van der Waals surface area contributed by atoms with E-state index in [0.29, 0.717) is 18.1 Å². The highest BCUT2D eigenvalue weighted by Crippen LogP contribution is 2.21. The molecule has 0 fully saturated rings. The predicted octanol–water partition coefficient (Wildman–Crippen LogP) is 5.01. The van der Waals surface area contributed by atoms with Crippen molar-refractivity contribution in [3.8, 4) is 11.5 Å². The Balaban J connectivity index is 1.77. The molecular weight excluding hydrogens is 466 g/mol. The molecule has 0 spiro atoms. The first-order valence-corrected chi connectivity index (χ1v) is 11.8. The molecule has 184 valence electrons. The SMILES string of the molecule is COC(=O)[C@H](Cc1ccc(OCc2ccccc2)cc1)N(Cc1ccc(OC)cc1)C(=O)[C@H](C)Cl. The van der Waals surface area contributed by atoms with Gasteiger partial charge < -0.3 is 19.1 Å². The first-order valence-electron chi connectivity index (χ1n) is 11.3.